The molecule has 0 rings (SSSR count). The van der Waals surface area contributed by atoms with Gasteiger partial charge in [0.1, 0.15) is 0 Å². The minimum atomic E-state index is -8.89. The summed E-state index contributed by atoms with van der Waals surface area (Å²) in [5, 5.41) is 0. The normalized spacial score (nSPS) is 16.7. The number of halogens is 19. The summed E-state index contributed by atoms with van der Waals surface area (Å²) in [6, 6.07) is 0. The second-order valence-electron chi connectivity index (χ2n) is 4.90. The zero-order valence-corrected chi connectivity index (χ0v) is 13.8. The fourth-order valence-corrected chi connectivity index (χ4v) is 1.50. The van der Waals surface area contributed by atoms with Gasteiger partial charge in [0.15, 0.2) is 0 Å². The summed E-state index contributed by atoms with van der Waals surface area (Å²) >= 11 is 0. The quantitative estimate of drug-likeness (QED) is 0.348. The Hall–Kier alpha value is -1.33. The van der Waals surface area contributed by atoms with Crippen molar-refractivity contribution in [2.24, 2.45) is 0 Å². The second-order valence-corrected chi connectivity index (χ2v) is 4.90. The molecule has 0 aromatic carbocycles. The molecule has 184 valence electrons. The third-order valence-corrected chi connectivity index (χ3v) is 3.03. The van der Waals surface area contributed by atoms with Gasteiger partial charge in [-0.25, -0.2) is 8.78 Å². The molecular weight excluding hydrogens is 493 g/mol. The zero-order valence-electron chi connectivity index (χ0n) is 13.8. The molecule has 30 heavy (non-hydrogen) atoms. The predicted octanol–water partition coefficient (Wildman–Crippen LogP) is 7.29. The molecule has 0 radical (unpaired) electrons. The maximum Gasteiger partial charge on any atom is 0.438 e. The molecule has 0 saturated carbocycles. The summed E-state index contributed by atoms with van der Waals surface area (Å²) in [7, 11) is 0. The van der Waals surface area contributed by atoms with Gasteiger partial charge in [-0.1, -0.05) is 13.8 Å². The van der Waals surface area contributed by atoms with Crippen LogP contribution < -0.4 is 0 Å². The lowest BCUT2D eigenvalue weighted by Crippen LogP contribution is -2.76. The van der Waals surface area contributed by atoms with Gasteiger partial charge in [0.05, 0.1) is 0 Å². The van der Waals surface area contributed by atoms with Crippen LogP contribution >= 0.6 is 0 Å². The van der Waals surface area contributed by atoms with Crippen molar-refractivity contribution in [3.63, 3.8) is 0 Å². The van der Waals surface area contributed by atoms with E-state index in [1.165, 1.54) is 0 Å². The van der Waals surface area contributed by atoms with E-state index in [4.69, 9.17) is 0 Å². The highest BCUT2D eigenvalue weighted by molar-refractivity contribution is 5.17. The summed E-state index contributed by atoms with van der Waals surface area (Å²) in [5.41, 5.74) is -8.65. The molecule has 1 atom stereocenters. The molecular formula is C11H7F19. The first-order chi connectivity index (χ1) is 12.7. The van der Waals surface area contributed by atoms with E-state index >= 15 is 0 Å². The SMILES string of the molecule is CC.FC(C(F)(F)F)C(F)(F)C(F)(F)C(F)(F)C(F)(F)C(F)(C(F)(F)F)C(F)(F)F. The van der Waals surface area contributed by atoms with Crippen molar-refractivity contribution in [1.82, 2.24) is 0 Å². The van der Waals surface area contributed by atoms with Gasteiger partial charge in [-0.15, -0.1) is 0 Å². The van der Waals surface area contributed by atoms with Gasteiger partial charge >= 0.3 is 47.9 Å². The first-order valence-electron chi connectivity index (χ1n) is 6.70. The van der Waals surface area contributed by atoms with Gasteiger partial charge in [0.2, 0.25) is 0 Å². The van der Waals surface area contributed by atoms with Gasteiger partial charge in [-0.05, 0) is 0 Å². The minimum absolute atomic E-state index is 2.00. The molecule has 0 nitrogen and oxygen atoms in total. The molecule has 19 heteroatoms. The van der Waals surface area contributed by atoms with E-state index in [9.17, 15) is 83.4 Å². The summed E-state index contributed by atoms with van der Waals surface area (Å²) in [6.07, 6.45) is -30.1. The van der Waals surface area contributed by atoms with Crippen LogP contribution in [-0.2, 0) is 0 Å². The Labute approximate surface area is 153 Å². The first-order valence-corrected chi connectivity index (χ1v) is 6.70. The molecule has 0 aliphatic carbocycles. The van der Waals surface area contributed by atoms with Crippen molar-refractivity contribution >= 4 is 0 Å². The Morgan fingerprint density at radius 1 is 0.433 bits per heavy atom. The van der Waals surface area contributed by atoms with Crippen LogP contribution in [-0.4, -0.2) is 54.1 Å². The second kappa shape index (κ2) is 7.98. The Bertz CT molecular complexity index is 547. The number of rotatable bonds is 5. The van der Waals surface area contributed by atoms with E-state index in [1.807, 2.05) is 13.8 Å². The van der Waals surface area contributed by atoms with Crippen LogP contribution in [0.2, 0.25) is 0 Å². The Morgan fingerprint density at radius 3 is 0.900 bits per heavy atom. The molecule has 0 spiro atoms. The lowest BCUT2D eigenvalue weighted by atomic mass is 9.85. The molecule has 1 unspecified atom stereocenters. The van der Waals surface area contributed by atoms with E-state index in [2.05, 4.69) is 0 Å². The van der Waals surface area contributed by atoms with Gasteiger partial charge in [0, 0.05) is 0 Å². The number of hydrogen-bond acceptors (Lipinski definition) is 0. The van der Waals surface area contributed by atoms with E-state index in [0.29, 0.717) is 0 Å². The van der Waals surface area contributed by atoms with Gasteiger partial charge < -0.3 is 0 Å². The maximum atomic E-state index is 13.1. The Morgan fingerprint density at radius 2 is 0.700 bits per heavy atom. The molecule has 0 aromatic rings. The van der Waals surface area contributed by atoms with Crippen molar-refractivity contribution in [3.8, 4) is 0 Å². The van der Waals surface area contributed by atoms with Crippen molar-refractivity contribution in [3.05, 3.63) is 0 Å². The van der Waals surface area contributed by atoms with Crippen LogP contribution in [0.1, 0.15) is 13.8 Å². The lowest BCUT2D eigenvalue weighted by Gasteiger charge is -2.43. The van der Waals surface area contributed by atoms with E-state index in [0.717, 1.165) is 0 Å². The lowest BCUT2D eigenvalue weighted by molar-refractivity contribution is -0.462. The molecule has 0 aromatic heterocycles. The molecule has 0 heterocycles. The molecule has 0 N–H and O–H groups in total. The van der Waals surface area contributed by atoms with Crippen LogP contribution in [0, 0.1) is 0 Å². The molecule has 0 amide bonds. The minimum Gasteiger partial charge on any atom is -0.230 e. The van der Waals surface area contributed by atoms with Crippen molar-refractivity contribution in [2.75, 3.05) is 0 Å². The highest BCUT2D eigenvalue weighted by Crippen LogP contribution is 2.64. The Balaban J connectivity index is 0. The van der Waals surface area contributed by atoms with E-state index in [-0.39, 0.29) is 0 Å². The zero-order chi connectivity index (χ0) is 25.6. The Kier molecular flexibility index (Phi) is 8.21. The molecule has 0 bridgehead atoms. The average Bonchev–Trinajstić information content (AvgIpc) is 2.51. The van der Waals surface area contributed by atoms with Crippen LogP contribution in [0.15, 0.2) is 0 Å². The largest absolute Gasteiger partial charge is 0.438 e. The highest BCUT2D eigenvalue weighted by Gasteiger charge is 2.96. The van der Waals surface area contributed by atoms with Gasteiger partial charge in [0.25, 0.3) is 6.17 Å². The first kappa shape index (κ1) is 30.9. The van der Waals surface area contributed by atoms with Crippen molar-refractivity contribution in [1.29, 1.82) is 0 Å². The monoisotopic (exact) mass is 500 g/mol. The molecule has 0 aliphatic heterocycles. The third-order valence-electron chi connectivity index (χ3n) is 3.03. The molecule has 0 saturated heterocycles. The van der Waals surface area contributed by atoms with Crippen molar-refractivity contribution < 1.29 is 83.4 Å². The summed E-state index contributed by atoms with van der Waals surface area (Å²) in [5.74, 6) is -34.4. The fraction of sp³-hybridized carbons (Fsp3) is 1.00. The number of hydrogen-bond donors (Lipinski definition) is 0. The smallest absolute Gasteiger partial charge is 0.230 e. The highest BCUT2D eigenvalue weighted by atomic mass is 19.4. The average molecular weight is 500 g/mol. The van der Waals surface area contributed by atoms with Crippen molar-refractivity contribution in [2.45, 2.75) is 67.9 Å². The number of alkyl halides is 19. The van der Waals surface area contributed by atoms with E-state index < -0.39 is 54.1 Å². The predicted molar refractivity (Wildman–Crippen MR) is 58.0 cm³/mol. The van der Waals surface area contributed by atoms with Gasteiger partial charge in [-0.3, -0.25) is 0 Å². The van der Waals surface area contributed by atoms with E-state index in [1.54, 1.807) is 0 Å². The topological polar surface area (TPSA) is 0 Å². The van der Waals surface area contributed by atoms with Crippen LogP contribution in [0.3, 0.4) is 0 Å². The summed E-state index contributed by atoms with van der Waals surface area (Å²) in [6.45, 7) is 4.00. The van der Waals surface area contributed by atoms with Crippen LogP contribution in [0.25, 0.3) is 0 Å². The van der Waals surface area contributed by atoms with Gasteiger partial charge in [-0.2, -0.15) is 74.6 Å². The maximum absolute atomic E-state index is 13.1. The fourth-order valence-electron chi connectivity index (χ4n) is 1.50. The standard InChI is InChI=1S/C9HF19.C2H6/c10-1(3(13,14)15)2(11,12)5(17,18)7(21,22)6(19,20)4(16,8(23,24)25)9(26,27)28;1-2/h1H;1-2H3. The molecule has 0 fully saturated rings. The van der Waals surface area contributed by atoms with Crippen LogP contribution in [0.4, 0.5) is 83.4 Å². The summed E-state index contributed by atoms with van der Waals surface area (Å²) in [4.78, 5) is 0. The third kappa shape index (κ3) is 4.20. The van der Waals surface area contributed by atoms with Crippen LogP contribution in [0.5, 0.6) is 0 Å². The molecule has 0 aliphatic rings. The summed E-state index contributed by atoms with van der Waals surface area (Å²) < 4.78 is 237.